The van der Waals surface area contributed by atoms with Crippen LogP contribution in [0.25, 0.3) is 0 Å². The van der Waals surface area contributed by atoms with E-state index in [1.54, 1.807) is 0 Å². The SMILES string of the molecule is c1ccc2c(c1)[O][Bi][O]2. The topological polar surface area (TPSA) is 18.5 Å². The van der Waals surface area contributed by atoms with E-state index >= 15 is 0 Å². The first kappa shape index (κ1) is 5.49. The molecule has 1 aliphatic rings. The third kappa shape index (κ3) is 0.898. The summed E-state index contributed by atoms with van der Waals surface area (Å²) in [6.07, 6.45) is 0. The molecule has 3 heteroatoms. The molecule has 1 aliphatic heterocycles. The first-order valence-corrected chi connectivity index (χ1v) is 5.44. The molecule has 0 aromatic heterocycles. The van der Waals surface area contributed by atoms with Crippen LogP contribution in [0.15, 0.2) is 24.3 Å². The van der Waals surface area contributed by atoms with Crippen LogP contribution in [0.2, 0.25) is 0 Å². The second kappa shape index (κ2) is 2.14. The predicted octanol–water partition coefficient (Wildman–Crippen LogP) is 0.992. The summed E-state index contributed by atoms with van der Waals surface area (Å²) < 4.78 is 10.5. The Morgan fingerprint density at radius 2 is 1.56 bits per heavy atom. The molecule has 0 unspecified atom stereocenters. The molecule has 0 N–H and O–H groups in total. The van der Waals surface area contributed by atoms with Crippen LogP contribution in [0, 0.1) is 0 Å². The van der Waals surface area contributed by atoms with Crippen molar-refractivity contribution in [3.63, 3.8) is 0 Å². The average Bonchev–Trinajstić information content (AvgIpc) is 2.33. The first-order chi connectivity index (χ1) is 4.47. The van der Waals surface area contributed by atoms with Gasteiger partial charge in [0.15, 0.2) is 0 Å². The minimum atomic E-state index is -1.03. The van der Waals surface area contributed by atoms with Crippen LogP contribution in [0.4, 0.5) is 0 Å². The summed E-state index contributed by atoms with van der Waals surface area (Å²) in [6.45, 7) is 0. The van der Waals surface area contributed by atoms with Crippen molar-refractivity contribution < 1.29 is 5.63 Å². The summed E-state index contributed by atoms with van der Waals surface area (Å²) in [5.74, 6) is 1.85. The second-order valence-electron chi connectivity index (χ2n) is 1.70. The monoisotopic (exact) mass is 317 g/mol. The van der Waals surface area contributed by atoms with Crippen molar-refractivity contribution in [1.29, 1.82) is 0 Å². The number of para-hydroxylation sites is 2. The Hall–Kier alpha value is -0.297. The zero-order chi connectivity index (χ0) is 6.10. The molecule has 0 bridgehead atoms. The molecule has 45 valence electrons. The molecule has 2 nitrogen and oxygen atoms in total. The van der Waals surface area contributed by atoms with Crippen LogP contribution in [0.5, 0.6) is 11.5 Å². The van der Waals surface area contributed by atoms with Crippen molar-refractivity contribution in [2.45, 2.75) is 0 Å². The molecule has 9 heavy (non-hydrogen) atoms. The molecule has 0 saturated heterocycles. The van der Waals surface area contributed by atoms with E-state index in [0.29, 0.717) is 0 Å². The third-order valence-electron chi connectivity index (χ3n) is 1.12. The molecular formula is C6H4BiO2. The fourth-order valence-electron chi connectivity index (χ4n) is 0.700. The molecule has 1 radical (unpaired) electrons. The zero-order valence-corrected chi connectivity index (χ0v) is 8.05. The molecule has 2 rings (SSSR count). The molecule has 1 aromatic rings. The molecule has 1 aromatic carbocycles. The van der Waals surface area contributed by atoms with E-state index in [9.17, 15) is 0 Å². The van der Waals surface area contributed by atoms with E-state index in [-0.39, 0.29) is 0 Å². The summed E-state index contributed by atoms with van der Waals surface area (Å²) in [5, 5.41) is 0. The number of hydrogen-bond acceptors (Lipinski definition) is 2. The standard InChI is InChI=1S/C6H6O2.Bi/c7-5-3-1-2-4-6(5)8;/h1-4,7-8H;/q;+2/p-2. The quantitative estimate of drug-likeness (QED) is 0.665. The molecule has 0 fully saturated rings. The maximum absolute atomic E-state index is 5.26. The van der Waals surface area contributed by atoms with Gasteiger partial charge in [0, 0.05) is 0 Å². The van der Waals surface area contributed by atoms with Crippen LogP contribution in [0.3, 0.4) is 0 Å². The van der Waals surface area contributed by atoms with Crippen molar-refractivity contribution in [1.82, 2.24) is 0 Å². The normalized spacial score (nSPS) is 13.8. The Balaban J connectivity index is 2.54. The number of hydrogen-bond donors (Lipinski definition) is 0. The molecular weight excluding hydrogens is 313 g/mol. The van der Waals surface area contributed by atoms with Crippen LogP contribution in [-0.4, -0.2) is 24.1 Å². The molecule has 0 spiro atoms. The average molecular weight is 317 g/mol. The van der Waals surface area contributed by atoms with Gasteiger partial charge in [-0.15, -0.1) is 0 Å². The number of benzene rings is 1. The van der Waals surface area contributed by atoms with Crippen molar-refractivity contribution in [2.75, 3.05) is 0 Å². The van der Waals surface area contributed by atoms with Gasteiger partial charge in [-0.3, -0.25) is 0 Å². The van der Waals surface area contributed by atoms with Gasteiger partial charge in [0.25, 0.3) is 0 Å². The molecule has 0 aliphatic carbocycles. The Kier molecular flexibility index (Phi) is 1.31. The maximum atomic E-state index is 5.26. The molecule has 0 amide bonds. The van der Waals surface area contributed by atoms with Gasteiger partial charge in [0.2, 0.25) is 0 Å². The molecule has 0 atom stereocenters. The van der Waals surface area contributed by atoms with Crippen LogP contribution < -0.4 is 5.63 Å². The predicted molar refractivity (Wildman–Crippen MR) is 33.5 cm³/mol. The fourth-order valence-corrected chi connectivity index (χ4v) is 2.64. The Morgan fingerprint density at radius 1 is 1.00 bits per heavy atom. The Bertz CT molecular complexity index is 201. The Morgan fingerprint density at radius 3 is 2.11 bits per heavy atom. The number of fused-ring (bicyclic) bond motifs is 1. The van der Waals surface area contributed by atoms with E-state index in [0.717, 1.165) is 11.5 Å². The van der Waals surface area contributed by atoms with E-state index < -0.39 is 24.1 Å². The van der Waals surface area contributed by atoms with Crippen LogP contribution in [0.1, 0.15) is 0 Å². The molecule has 0 saturated carbocycles. The fraction of sp³-hybridized carbons (Fsp3) is 0. The van der Waals surface area contributed by atoms with Crippen molar-refractivity contribution >= 4 is 24.1 Å². The van der Waals surface area contributed by atoms with Gasteiger partial charge in [-0.1, -0.05) is 0 Å². The van der Waals surface area contributed by atoms with Crippen LogP contribution in [-0.2, 0) is 0 Å². The van der Waals surface area contributed by atoms with E-state index in [2.05, 4.69) is 0 Å². The summed E-state index contributed by atoms with van der Waals surface area (Å²) in [4.78, 5) is 0. The minimum absolute atomic E-state index is 0.925. The van der Waals surface area contributed by atoms with Gasteiger partial charge in [0.05, 0.1) is 0 Å². The van der Waals surface area contributed by atoms with Crippen molar-refractivity contribution in [3.8, 4) is 11.5 Å². The molecule has 1 heterocycles. The van der Waals surface area contributed by atoms with Gasteiger partial charge in [-0.2, -0.15) is 0 Å². The second-order valence-corrected chi connectivity index (χ2v) is 3.70. The summed E-state index contributed by atoms with van der Waals surface area (Å²) >= 11 is -1.03. The van der Waals surface area contributed by atoms with Gasteiger partial charge in [-0.25, -0.2) is 0 Å². The van der Waals surface area contributed by atoms with E-state index in [1.807, 2.05) is 24.3 Å². The van der Waals surface area contributed by atoms with Crippen molar-refractivity contribution in [2.24, 2.45) is 0 Å². The van der Waals surface area contributed by atoms with Gasteiger partial charge < -0.3 is 0 Å². The first-order valence-electron chi connectivity index (χ1n) is 2.60. The summed E-state index contributed by atoms with van der Waals surface area (Å²) in [7, 11) is 0. The summed E-state index contributed by atoms with van der Waals surface area (Å²) in [6, 6.07) is 7.78. The Labute approximate surface area is 65.6 Å². The van der Waals surface area contributed by atoms with E-state index in [4.69, 9.17) is 5.63 Å². The zero-order valence-electron chi connectivity index (χ0n) is 4.57. The van der Waals surface area contributed by atoms with Crippen molar-refractivity contribution in [3.05, 3.63) is 24.3 Å². The summed E-state index contributed by atoms with van der Waals surface area (Å²) in [5.41, 5.74) is 0. The van der Waals surface area contributed by atoms with Gasteiger partial charge in [-0.05, 0) is 0 Å². The van der Waals surface area contributed by atoms with Crippen LogP contribution >= 0.6 is 0 Å². The van der Waals surface area contributed by atoms with E-state index in [1.165, 1.54) is 0 Å². The van der Waals surface area contributed by atoms with Gasteiger partial charge in [0.1, 0.15) is 0 Å². The number of rotatable bonds is 0. The third-order valence-corrected chi connectivity index (χ3v) is 3.23. The van der Waals surface area contributed by atoms with Gasteiger partial charge >= 0.3 is 65.5 Å².